The minimum Gasteiger partial charge on any atom is -0.493 e. The highest BCUT2D eigenvalue weighted by atomic mass is 35.5. The number of methoxy groups -OCH3 is 1. The Bertz CT molecular complexity index is 746. The molecule has 2 rings (SSSR count). The number of aryl methyl sites for hydroxylation is 1. The lowest BCUT2D eigenvalue weighted by molar-refractivity contribution is -0.121. The van der Waals surface area contributed by atoms with Gasteiger partial charge >= 0.3 is 0 Å². The van der Waals surface area contributed by atoms with Gasteiger partial charge in [0.1, 0.15) is 0 Å². The number of rotatable bonds is 10. The van der Waals surface area contributed by atoms with Crippen LogP contribution in [-0.2, 0) is 17.8 Å². The van der Waals surface area contributed by atoms with Gasteiger partial charge in [-0.1, -0.05) is 49.7 Å². The highest BCUT2D eigenvalue weighted by molar-refractivity contribution is 6.31. The predicted molar refractivity (Wildman–Crippen MR) is 110 cm³/mol. The number of halogens is 1. The fourth-order valence-corrected chi connectivity index (χ4v) is 2.81. The molecule has 0 aliphatic carbocycles. The van der Waals surface area contributed by atoms with Gasteiger partial charge in [0, 0.05) is 18.0 Å². The summed E-state index contributed by atoms with van der Waals surface area (Å²) in [6, 6.07) is 13.3. The summed E-state index contributed by atoms with van der Waals surface area (Å²) >= 11 is 6.12. The molecule has 1 N–H and O–H groups in total. The maximum atomic E-state index is 12.1. The fraction of sp³-hybridized carbons (Fsp3) is 0.409. The zero-order valence-corrected chi connectivity index (χ0v) is 17.0. The molecule has 0 atom stereocenters. The van der Waals surface area contributed by atoms with Gasteiger partial charge in [-0.15, -0.1) is 0 Å². The Morgan fingerprint density at radius 3 is 2.63 bits per heavy atom. The monoisotopic (exact) mass is 389 g/mol. The Morgan fingerprint density at radius 2 is 1.93 bits per heavy atom. The maximum absolute atomic E-state index is 12.1. The SMILES string of the molecule is COc1cc(CNC(=O)CCc2ccccc2Cl)ccc1OCCC(C)C. The second-order valence-corrected chi connectivity index (χ2v) is 7.29. The minimum absolute atomic E-state index is 0.00820. The van der Waals surface area contributed by atoms with E-state index in [2.05, 4.69) is 19.2 Å². The zero-order valence-electron chi connectivity index (χ0n) is 16.3. The minimum atomic E-state index is -0.00820. The molecular formula is C22H28ClNO3. The summed E-state index contributed by atoms with van der Waals surface area (Å²) in [5, 5.41) is 3.64. The lowest BCUT2D eigenvalue weighted by atomic mass is 10.1. The van der Waals surface area contributed by atoms with Crippen LogP contribution in [0, 0.1) is 5.92 Å². The first-order chi connectivity index (χ1) is 13.0. The quantitative estimate of drug-likeness (QED) is 0.620. The molecular weight excluding hydrogens is 362 g/mol. The fourth-order valence-electron chi connectivity index (χ4n) is 2.58. The third-order valence-electron chi connectivity index (χ3n) is 4.25. The maximum Gasteiger partial charge on any atom is 0.220 e. The first kappa shape index (κ1) is 21.1. The summed E-state index contributed by atoms with van der Waals surface area (Å²) < 4.78 is 11.2. The number of hydrogen-bond donors (Lipinski definition) is 1. The van der Waals surface area contributed by atoms with Crippen molar-refractivity contribution in [2.45, 2.75) is 39.7 Å². The van der Waals surface area contributed by atoms with Gasteiger partial charge in [-0.25, -0.2) is 0 Å². The lowest BCUT2D eigenvalue weighted by Crippen LogP contribution is -2.23. The van der Waals surface area contributed by atoms with Crippen LogP contribution in [-0.4, -0.2) is 19.6 Å². The van der Waals surface area contributed by atoms with Crippen LogP contribution < -0.4 is 14.8 Å². The molecule has 0 unspecified atom stereocenters. The van der Waals surface area contributed by atoms with Crippen LogP contribution in [0.15, 0.2) is 42.5 Å². The van der Waals surface area contributed by atoms with Crippen LogP contribution in [0.3, 0.4) is 0 Å². The summed E-state index contributed by atoms with van der Waals surface area (Å²) in [5.41, 5.74) is 1.95. The van der Waals surface area contributed by atoms with Crippen molar-refractivity contribution in [1.29, 1.82) is 0 Å². The van der Waals surface area contributed by atoms with Gasteiger partial charge < -0.3 is 14.8 Å². The van der Waals surface area contributed by atoms with E-state index in [1.165, 1.54) is 0 Å². The molecule has 5 heteroatoms. The van der Waals surface area contributed by atoms with Gasteiger partial charge in [0.2, 0.25) is 5.91 Å². The van der Waals surface area contributed by atoms with E-state index in [1.54, 1.807) is 7.11 Å². The van der Waals surface area contributed by atoms with Crippen molar-refractivity contribution in [3.05, 3.63) is 58.6 Å². The molecule has 0 heterocycles. The number of nitrogens with one attached hydrogen (secondary N) is 1. The van der Waals surface area contributed by atoms with Crippen molar-refractivity contribution in [3.63, 3.8) is 0 Å². The Labute approximate surface area is 166 Å². The summed E-state index contributed by atoms with van der Waals surface area (Å²) in [6.07, 6.45) is 2.01. The molecule has 2 aromatic carbocycles. The van der Waals surface area contributed by atoms with Gasteiger partial charge in [0.15, 0.2) is 11.5 Å². The van der Waals surface area contributed by atoms with Crippen molar-refractivity contribution in [2.75, 3.05) is 13.7 Å². The van der Waals surface area contributed by atoms with Crippen molar-refractivity contribution < 1.29 is 14.3 Å². The number of amides is 1. The van der Waals surface area contributed by atoms with E-state index in [4.69, 9.17) is 21.1 Å². The normalized spacial score (nSPS) is 10.7. The van der Waals surface area contributed by atoms with Crippen LogP contribution >= 0.6 is 11.6 Å². The van der Waals surface area contributed by atoms with E-state index < -0.39 is 0 Å². The number of carbonyl (C=O) groups is 1. The largest absolute Gasteiger partial charge is 0.493 e. The predicted octanol–water partition coefficient (Wildman–Crippen LogP) is 5.02. The van der Waals surface area contributed by atoms with Crippen LogP contribution in [0.5, 0.6) is 11.5 Å². The average Bonchev–Trinajstić information content (AvgIpc) is 2.66. The molecule has 0 spiro atoms. The summed E-state index contributed by atoms with van der Waals surface area (Å²) in [7, 11) is 1.62. The van der Waals surface area contributed by atoms with E-state index in [1.807, 2.05) is 42.5 Å². The highest BCUT2D eigenvalue weighted by Crippen LogP contribution is 2.28. The Morgan fingerprint density at radius 1 is 1.15 bits per heavy atom. The van der Waals surface area contributed by atoms with Crippen LogP contribution in [0.25, 0.3) is 0 Å². The number of carbonyl (C=O) groups excluding carboxylic acids is 1. The third-order valence-corrected chi connectivity index (χ3v) is 4.62. The van der Waals surface area contributed by atoms with Gasteiger partial charge in [-0.3, -0.25) is 4.79 Å². The molecule has 0 aromatic heterocycles. The summed E-state index contributed by atoms with van der Waals surface area (Å²) in [6.45, 7) is 5.44. The highest BCUT2D eigenvalue weighted by Gasteiger charge is 2.08. The molecule has 0 aliphatic rings. The molecule has 0 bridgehead atoms. The molecule has 146 valence electrons. The van der Waals surface area contributed by atoms with Crippen molar-refractivity contribution in [2.24, 2.45) is 5.92 Å². The molecule has 0 saturated carbocycles. The molecule has 27 heavy (non-hydrogen) atoms. The average molecular weight is 390 g/mol. The van der Waals surface area contributed by atoms with Crippen LogP contribution in [0.1, 0.15) is 37.8 Å². The van der Waals surface area contributed by atoms with Gasteiger partial charge in [-0.05, 0) is 48.1 Å². The summed E-state index contributed by atoms with van der Waals surface area (Å²) in [4.78, 5) is 12.1. The van der Waals surface area contributed by atoms with E-state index >= 15 is 0 Å². The number of hydrogen-bond acceptors (Lipinski definition) is 3. The van der Waals surface area contributed by atoms with Crippen LogP contribution in [0.2, 0.25) is 5.02 Å². The smallest absolute Gasteiger partial charge is 0.220 e. The van der Waals surface area contributed by atoms with E-state index in [0.29, 0.717) is 42.7 Å². The molecule has 0 aliphatic heterocycles. The molecule has 4 nitrogen and oxygen atoms in total. The molecule has 0 fully saturated rings. The van der Waals surface area contributed by atoms with E-state index in [0.717, 1.165) is 23.3 Å². The van der Waals surface area contributed by atoms with Gasteiger partial charge in [0.25, 0.3) is 0 Å². The Balaban J connectivity index is 1.84. The number of benzene rings is 2. The van der Waals surface area contributed by atoms with Crippen molar-refractivity contribution >= 4 is 17.5 Å². The van der Waals surface area contributed by atoms with Crippen molar-refractivity contribution in [1.82, 2.24) is 5.32 Å². The van der Waals surface area contributed by atoms with E-state index in [-0.39, 0.29) is 5.91 Å². The lowest BCUT2D eigenvalue weighted by Gasteiger charge is -2.13. The zero-order chi connectivity index (χ0) is 19.6. The molecule has 0 radical (unpaired) electrons. The third kappa shape index (κ3) is 7.14. The topological polar surface area (TPSA) is 47.6 Å². The van der Waals surface area contributed by atoms with Gasteiger partial charge in [-0.2, -0.15) is 0 Å². The second kappa shape index (κ2) is 10.8. The Kier molecular flexibility index (Phi) is 8.46. The van der Waals surface area contributed by atoms with Crippen molar-refractivity contribution in [3.8, 4) is 11.5 Å². The number of ether oxygens (including phenoxy) is 2. The standard InChI is InChI=1S/C22H28ClNO3/c1-16(2)12-13-27-20-10-8-17(14-21(20)26-3)15-24-22(25)11-9-18-6-4-5-7-19(18)23/h4-8,10,14,16H,9,11-13,15H2,1-3H3,(H,24,25). The molecule has 0 saturated heterocycles. The molecule has 1 amide bonds. The molecule has 2 aromatic rings. The first-order valence-corrected chi connectivity index (χ1v) is 9.67. The van der Waals surface area contributed by atoms with Crippen LogP contribution in [0.4, 0.5) is 0 Å². The first-order valence-electron chi connectivity index (χ1n) is 9.29. The van der Waals surface area contributed by atoms with Gasteiger partial charge in [0.05, 0.1) is 13.7 Å². The Hall–Kier alpha value is -2.20. The van der Waals surface area contributed by atoms with E-state index in [9.17, 15) is 4.79 Å². The summed E-state index contributed by atoms with van der Waals surface area (Å²) in [5.74, 6) is 2.00. The second-order valence-electron chi connectivity index (χ2n) is 6.88.